The number of fused-ring (bicyclic) bond motifs is 1. The molecule has 30 heavy (non-hydrogen) atoms. The van der Waals surface area contributed by atoms with Crippen molar-refractivity contribution in [2.24, 2.45) is 0 Å². The van der Waals surface area contributed by atoms with Gasteiger partial charge in [-0.1, -0.05) is 0 Å². The summed E-state index contributed by atoms with van der Waals surface area (Å²) in [4.78, 5) is 37.9. The van der Waals surface area contributed by atoms with E-state index in [-0.39, 0.29) is 12.0 Å². The maximum Gasteiger partial charge on any atom is 0.410 e. The fourth-order valence-corrected chi connectivity index (χ4v) is 3.87. The van der Waals surface area contributed by atoms with Crippen LogP contribution < -0.4 is 0 Å². The van der Waals surface area contributed by atoms with Crippen molar-refractivity contribution in [3.63, 3.8) is 0 Å². The van der Waals surface area contributed by atoms with Crippen molar-refractivity contribution in [2.75, 3.05) is 13.6 Å². The zero-order valence-electron chi connectivity index (χ0n) is 18.2. The third-order valence-corrected chi connectivity index (χ3v) is 5.70. The summed E-state index contributed by atoms with van der Waals surface area (Å²) in [5.41, 5.74) is 2.02. The highest BCUT2D eigenvalue weighted by atomic mass is 16.6. The molecule has 9 heteroatoms. The van der Waals surface area contributed by atoms with Crippen LogP contribution in [-0.4, -0.2) is 60.7 Å². The Bertz CT molecular complexity index is 989. The Morgan fingerprint density at radius 2 is 1.93 bits per heavy atom. The third kappa shape index (κ3) is 3.64. The lowest BCUT2D eigenvalue weighted by Crippen LogP contribution is -2.43. The number of amides is 2. The van der Waals surface area contributed by atoms with E-state index in [4.69, 9.17) is 4.74 Å². The molecule has 2 aromatic heterocycles. The van der Waals surface area contributed by atoms with Gasteiger partial charge >= 0.3 is 6.09 Å². The first-order chi connectivity index (χ1) is 14.1. The summed E-state index contributed by atoms with van der Waals surface area (Å²) < 4.78 is 7.30. The molecular weight excluding hydrogens is 384 g/mol. The summed E-state index contributed by atoms with van der Waals surface area (Å²) in [5, 5.41) is 4.38. The molecule has 2 aliphatic rings. The second-order valence-corrected chi connectivity index (χ2v) is 9.07. The molecule has 9 nitrogen and oxygen atoms in total. The van der Waals surface area contributed by atoms with Crippen molar-refractivity contribution in [1.29, 1.82) is 0 Å². The fourth-order valence-electron chi connectivity index (χ4n) is 3.87. The second kappa shape index (κ2) is 7.07. The number of aromatic nitrogens is 4. The van der Waals surface area contributed by atoms with Crippen molar-refractivity contribution in [3.8, 4) is 0 Å². The highest BCUT2D eigenvalue weighted by Crippen LogP contribution is 2.50. The van der Waals surface area contributed by atoms with Gasteiger partial charge in [0.15, 0.2) is 0 Å². The van der Waals surface area contributed by atoms with Crippen molar-refractivity contribution in [2.45, 2.75) is 64.8 Å². The van der Waals surface area contributed by atoms with Crippen LogP contribution in [0.2, 0.25) is 0 Å². The molecule has 4 rings (SSSR count). The average molecular weight is 412 g/mol. The molecule has 1 aliphatic carbocycles. The highest BCUT2D eigenvalue weighted by molar-refractivity contribution is 5.96. The lowest BCUT2D eigenvalue weighted by atomic mass is 10.1. The first kappa shape index (κ1) is 20.3. The predicted octanol–water partition coefficient (Wildman–Crippen LogP) is 2.49. The predicted molar refractivity (Wildman–Crippen MR) is 109 cm³/mol. The quantitative estimate of drug-likeness (QED) is 0.769. The van der Waals surface area contributed by atoms with Gasteiger partial charge in [0.2, 0.25) is 0 Å². The monoisotopic (exact) mass is 412 g/mol. The molecule has 0 saturated heterocycles. The number of carbonyl (C=O) groups is 2. The normalized spacial score (nSPS) is 17.3. The minimum atomic E-state index is -0.568. The van der Waals surface area contributed by atoms with E-state index < -0.39 is 11.1 Å². The van der Waals surface area contributed by atoms with Gasteiger partial charge in [-0.25, -0.2) is 14.8 Å². The molecule has 3 heterocycles. The Labute approximate surface area is 176 Å². The van der Waals surface area contributed by atoms with Gasteiger partial charge in [-0.2, -0.15) is 5.10 Å². The standard InChI is InChI=1S/C21H28N6O3/c1-14-10-17(23-13-22-14)21(6-7-21)25(5)18(28)15-11-24-27-9-8-26(12-16(15)27)19(29)30-20(2,3)4/h10-11,13H,6-9,12H2,1-5H3. The maximum atomic E-state index is 13.4. The fraction of sp³-hybridized carbons (Fsp3) is 0.571. The Morgan fingerprint density at radius 3 is 2.57 bits per heavy atom. The molecule has 160 valence electrons. The first-order valence-corrected chi connectivity index (χ1v) is 10.2. The van der Waals surface area contributed by atoms with Crippen LogP contribution in [0.3, 0.4) is 0 Å². The van der Waals surface area contributed by atoms with Gasteiger partial charge < -0.3 is 14.5 Å². The summed E-state index contributed by atoms with van der Waals surface area (Å²) in [5.74, 6) is -0.115. The van der Waals surface area contributed by atoms with Crippen LogP contribution in [0.1, 0.15) is 61.1 Å². The molecule has 0 N–H and O–H groups in total. The SMILES string of the molecule is Cc1cc(C2(N(C)C(=O)c3cnn4c3CN(C(=O)OC(C)(C)C)CC4)CC2)ncn1. The summed E-state index contributed by atoms with van der Waals surface area (Å²) in [6.45, 7) is 8.76. The zero-order chi connectivity index (χ0) is 21.7. The summed E-state index contributed by atoms with van der Waals surface area (Å²) >= 11 is 0. The van der Waals surface area contributed by atoms with Gasteiger partial charge in [-0.15, -0.1) is 0 Å². The van der Waals surface area contributed by atoms with Gasteiger partial charge in [0, 0.05) is 19.3 Å². The van der Waals surface area contributed by atoms with E-state index in [1.54, 1.807) is 27.0 Å². The molecule has 0 radical (unpaired) electrons. The molecule has 2 amide bonds. The summed E-state index contributed by atoms with van der Waals surface area (Å²) in [6.07, 6.45) is 4.49. The molecule has 0 atom stereocenters. The Kier molecular flexibility index (Phi) is 4.79. The van der Waals surface area contributed by atoms with E-state index in [9.17, 15) is 9.59 Å². The van der Waals surface area contributed by atoms with Gasteiger partial charge in [0.1, 0.15) is 11.9 Å². The Morgan fingerprint density at radius 1 is 1.20 bits per heavy atom. The van der Waals surface area contributed by atoms with E-state index in [0.717, 1.165) is 29.9 Å². The number of rotatable bonds is 3. The minimum Gasteiger partial charge on any atom is -0.444 e. The smallest absolute Gasteiger partial charge is 0.410 e. The third-order valence-electron chi connectivity index (χ3n) is 5.70. The molecule has 0 bridgehead atoms. The number of nitrogens with zero attached hydrogens (tertiary/aromatic N) is 6. The average Bonchev–Trinajstić information content (AvgIpc) is 3.39. The second-order valence-electron chi connectivity index (χ2n) is 9.07. The van der Waals surface area contributed by atoms with Crippen LogP contribution in [0.4, 0.5) is 4.79 Å². The van der Waals surface area contributed by atoms with Gasteiger partial charge in [0.25, 0.3) is 5.91 Å². The van der Waals surface area contributed by atoms with Crippen molar-refractivity contribution >= 4 is 12.0 Å². The lowest BCUT2D eigenvalue weighted by Gasteiger charge is -2.32. The number of ether oxygens (including phenoxy) is 1. The van der Waals surface area contributed by atoms with E-state index in [2.05, 4.69) is 15.1 Å². The summed E-state index contributed by atoms with van der Waals surface area (Å²) in [6, 6.07) is 1.94. The number of hydrogen-bond donors (Lipinski definition) is 0. The van der Waals surface area contributed by atoms with Crippen LogP contribution in [-0.2, 0) is 23.4 Å². The molecule has 1 fully saturated rings. The lowest BCUT2D eigenvalue weighted by molar-refractivity contribution is 0.0192. The molecular formula is C21H28N6O3. The highest BCUT2D eigenvalue weighted by Gasteiger charge is 2.52. The Balaban J connectivity index is 1.56. The van der Waals surface area contributed by atoms with Crippen LogP contribution in [0, 0.1) is 6.92 Å². The number of carbonyl (C=O) groups excluding carboxylic acids is 2. The van der Waals surface area contributed by atoms with Crippen molar-refractivity contribution in [3.05, 3.63) is 41.2 Å². The van der Waals surface area contributed by atoms with E-state index in [1.165, 1.54) is 0 Å². The van der Waals surface area contributed by atoms with Gasteiger partial charge in [0.05, 0.1) is 41.8 Å². The van der Waals surface area contributed by atoms with Gasteiger partial charge in [-0.05, 0) is 46.6 Å². The largest absolute Gasteiger partial charge is 0.444 e. The summed E-state index contributed by atoms with van der Waals surface area (Å²) in [7, 11) is 1.81. The van der Waals surface area contributed by atoms with E-state index in [1.807, 2.05) is 40.8 Å². The number of aryl methyl sites for hydroxylation is 1. The van der Waals surface area contributed by atoms with Crippen LogP contribution in [0.25, 0.3) is 0 Å². The molecule has 0 aromatic carbocycles. The molecule has 0 spiro atoms. The molecule has 1 aliphatic heterocycles. The van der Waals surface area contributed by atoms with Crippen LogP contribution in [0.15, 0.2) is 18.6 Å². The van der Waals surface area contributed by atoms with Crippen LogP contribution >= 0.6 is 0 Å². The first-order valence-electron chi connectivity index (χ1n) is 10.2. The van der Waals surface area contributed by atoms with Crippen LogP contribution in [0.5, 0.6) is 0 Å². The topological polar surface area (TPSA) is 93.5 Å². The minimum absolute atomic E-state index is 0.115. The Hall–Kier alpha value is -2.97. The maximum absolute atomic E-state index is 13.4. The molecule has 0 unspecified atom stereocenters. The molecule has 2 aromatic rings. The van der Waals surface area contributed by atoms with Crippen molar-refractivity contribution in [1.82, 2.24) is 29.5 Å². The van der Waals surface area contributed by atoms with Gasteiger partial charge in [-0.3, -0.25) is 9.48 Å². The van der Waals surface area contributed by atoms with E-state index in [0.29, 0.717) is 25.2 Å². The van der Waals surface area contributed by atoms with Crippen molar-refractivity contribution < 1.29 is 14.3 Å². The number of hydrogen-bond acceptors (Lipinski definition) is 6. The zero-order valence-corrected chi connectivity index (χ0v) is 18.2. The molecule has 1 saturated carbocycles. The van der Waals surface area contributed by atoms with E-state index >= 15 is 0 Å².